The average Bonchev–Trinajstić information content (AvgIpc) is 2.96. The fraction of sp³-hybridized carbons (Fsp3) is 0.429. The molecule has 0 radical (unpaired) electrons. The van der Waals surface area contributed by atoms with Gasteiger partial charge in [0, 0.05) is 11.8 Å². The van der Waals surface area contributed by atoms with Gasteiger partial charge in [0.25, 0.3) is 5.69 Å². The number of nitro benzene ring substituents is 1. The fourth-order valence-electron chi connectivity index (χ4n) is 1.87. The number of hydrogen-bond acceptors (Lipinski definition) is 6. The van der Waals surface area contributed by atoms with E-state index in [1.807, 2.05) is 0 Å². The summed E-state index contributed by atoms with van der Waals surface area (Å²) in [4.78, 5) is 13.7. The van der Waals surface area contributed by atoms with Crippen molar-refractivity contribution in [3.05, 3.63) is 39.8 Å². The quantitative estimate of drug-likeness (QED) is 0.554. The molecular formula is C14H14F3N3O3S. The second-order valence-electron chi connectivity index (χ2n) is 5.44. The van der Waals surface area contributed by atoms with E-state index in [4.69, 9.17) is 0 Å². The van der Waals surface area contributed by atoms with Gasteiger partial charge in [-0.05, 0) is 23.3 Å². The summed E-state index contributed by atoms with van der Waals surface area (Å²) < 4.78 is 41.7. The van der Waals surface area contributed by atoms with Gasteiger partial charge in [0.2, 0.25) is 5.82 Å². The molecule has 0 N–H and O–H groups in total. The molecule has 0 aliphatic carbocycles. The first kappa shape index (κ1) is 18.2. The van der Waals surface area contributed by atoms with Gasteiger partial charge in [-0.15, -0.1) is 0 Å². The predicted octanol–water partition coefficient (Wildman–Crippen LogP) is 4.55. The van der Waals surface area contributed by atoms with Crippen LogP contribution in [0.5, 0.6) is 0 Å². The first-order chi connectivity index (χ1) is 11.2. The van der Waals surface area contributed by atoms with E-state index in [0.717, 1.165) is 5.75 Å². The Balaban J connectivity index is 2.30. The summed E-state index contributed by atoms with van der Waals surface area (Å²) in [5.74, 6) is -0.0440. The van der Waals surface area contributed by atoms with Gasteiger partial charge in [-0.25, -0.2) is 0 Å². The maximum atomic E-state index is 12.5. The van der Waals surface area contributed by atoms with Crippen molar-refractivity contribution < 1.29 is 22.6 Å². The molecule has 2 rings (SSSR count). The van der Waals surface area contributed by atoms with Gasteiger partial charge >= 0.3 is 12.1 Å². The largest absolute Gasteiger partial charge is 0.471 e. The smallest absolute Gasteiger partial charge is 0.329 e. The van der Waals surface area contributed by atoms with Crippen LogP contribution in [0.3, 0.4) is 0 Å². The second-order valence-corrected chi connectivity index (χ2v) is 6.47. The lowest BCUT2D eigenvalue weighted by Gasteiger charge is -2.06. The Labute approximate surface area is 139 Å². The molecule has 0 unspecified atom stereocenters. The SMILES string of the molecule is CC(C)CSCc1ccc(-c2noc(C(F)(F)F)n2)c([N+](=O)[O-])c1. The fourth-order valence-corrected chi connectivity index (χ4v) is 2.87. The van der Waals surface area contributed by atoms with Crippen LogP contribution in [0.4, 0.5) is 18.9 Å². The summed E-state index contributed by atoms with van der Waals surface area (Å²) in [6.07, 6.45) is -4.80. The lowest BCUT2D eigenvalue weighted by Crippen LogP contribution is -2.05. The van der Waals surface area contributed by atoms with Crippen molar-refractivity contribution in [2.45, 2.75) is 25.8 Å². The van der Waals surface area contributed by atoms with Crippen LogP contribution in [-0.4, -0.2) is 20.8 Å². The third-order valence-corrected chi connectivity index (χ3v) is 4.33. The molecule has 1 heterocycles. The normalized spacial score (nSPS) is 11.9. The van der Waals surface area contributed by atoms with Gasteiger partial charge in [-0.2, -0.15) is 29.9 Å². The Morgan fingerprint density at radius 1 is 1.38 bits per heavy atom. The Bertz CT molecular complexity index is 732. The van der Waals surface area contributed by atoms with Crippen molar-refractivity contribution >= 4 is 17.4 Å². The van der Waals surface area contributed by atoms with Crippen LogP contribution in [0.1, 0.15) is 25.3 Å². The van der Waals surface area contributed by atoms with E-state index in [1.165, 1.54) is 12.1 Å². The number of alkyl halides is 3. The lowest BCUT2D eigenvalue weighted by molar-refractivity contribution is -0.384. The third kappa shape index (κ3) is 4.47. The molecule has 0 bridgehead atoms. The minimum absolute atomic E-state index is 0.114. The molecule has 0 aliphatic heterocycles. The van der Waals surface area contributed by atoms with Crippen molar-refractivity contribution in [2.24, 2.45) is 5.92 Å². The van der Waals surface area contributed by atoms with Crippen LogP contribution < -0.4 is 0 Å². The number of aromatic nitrogens is 2. The maximum absolute atomic E-state index is 12.5. The topological polar surface area (TPSA) is 82.1 Å². The Hall–Kier alpha value is -2.10. The summed E-state index contributed by atoms with van der Waals surface area (Å²) in [5, 5.41) is 14.4. The minimum atomic E-state index is -4.80. The number of thioether (sulfide) groups is 1. The van der Waals surface area contributed by atoms with E-state index in [9.17, 15) is 23.3 Å². The molecule has 0 amide bonds. The first-order valence-electron chi connectivity index (χ1n) is 6.95. The summed E-state index contributed by atoms with van der Waals surface area (Å²) in [6.45, 7) is 4.13. The summed E-state index contributed by atoms with van der Waals surface area (Å²) in [6, 6.07) is 4.28. The molecule has 2 aromatic rings. The highest BCUT2D eigenvalue weighted by atomic mass is 32.2. The number of benzene rings is 1. The molecule has 0 aliphatic rings. The molecular weight excluding hydrogens is 347 g/mol. The minimum Gasteiger partial charge on any atom is -0.329 e. The highest BCUT2D eigenvalue weighted by Gasteiger charge is 2.39. The Morgan fingerprint density at radius 2 is 2.08 bits per heavy atom. The van der Waals surface area contributed by atoms with Crippen LogP contribution in [-0.2, 0) is 11.9 Å². The first-order valence-corrected chi connectivity index (χ1v) is 8.10. The van der Waals surface area contributed by atoms with Gasteiger partial charge < -0.3 is 4.52 Å². The molecule has 0 saturated heterocycles. The van der Waals surface area contributed by atoms with Gasteiger partial charge in [-0.3, -0.25) is 10.1 Å². The summed E-state index contributed by atoms with van der Waals surface area (Å²) in [5.41, 5.74) is 0.236. The molecule has 0 atom stereocenters. The molecule has 0 fully saturated rings. The van der Waals surface area contributed by atoms with Gasteiger partial charge in [0.15, 0.2) is 0 Å². The number of hydrogen-bond donors (Lipinski definition) is 0. The third-order valence-electron chi connectivity index (χ3n) is 2.89. The number of halogens is 3. The van der Waals surface area contributed by atoms with Crippen LogP contribution in [0, 0.1) is 16.0 Å². The Morgan fingerprint density at radius 3 is 2.62 bits per heavy atom. The highest BCUT2D eigenvalue weighted by Crippen LogP contribution is 2.33. The van der Waals surface area contributed by atoms with E-state index in [0.29, 0.717) is 17.2 Å². The zero-order chi connectivity index (χ0) is 17.9. The second kappa shape index (κ2) is 7.20. The molecule has 10 heteroatoms. The molecule has 1 aromatic carbocycles. The van der Waals surface area contributed by atoms with E-state index in [1.54, 1.807) is 17.8 Å². The van der Waals surface area contributed by atoms with Gasteiger partial charge in [0.1, 0.15) is 5.56 Å². The molecule has 1 aromatic heterocycles. The van der Waals surface area contributed by atoms with Crippen molar-refractivity contribution in [2.75, 3.05) is 5.75 Å². The van der Waals surface area contributed by atoms with E-state index in [2.05, 4.69) is 28.5 Å². The van der Waals surface area contributed by atoms with Crippen molar-refractivity contribution in [3.63, 3.8) is 0 Å². The number of nitro groups is 1. The van der Waals surface area contributed by atoms with Crippen LogP contribution in [0.15, 0.2) is 22.7 Å². The van der Waals surface area contributed by atoms with Crippen molar-refractivity contribution in [3.8, 4) is 11.4 Å². The number of rotatable bonds is 6. The molecule has 0 spiro atoms. The van der Waals surface area contributed by atoms with Gasteiger partial charge in [-0.1, -0.05) is 25.1 Å². The van der Waals surface area contributed by atoms with Crippen molar-refractivity contribution in [1.29, 1.82) is 0 Å². The monoisotopic (exact) mass is 361 g/mol. The van der Waals surface area contributed by atoms with Crippen LogP contribution in [0.2, 0.25) is 0 Å². The zero-order valence-corrected chi connectivity index (χ0v) is 13.6. The zero-order valence-electron chi connectivity index (χ0n) is 12.8. The van der Waals surface area contributed by atoms with Crippen molar-refractivity contribution in [1.82, 2.24) is 10.1 Å². The van der Waals surface area contributed by atoms with Gasteiger partial charge in [0.05, 0.1) is 4.92 Å². The van der Waals surface area contributed by atoms with E-state index in [-0.39, 0.29) is 11.3 Å². The highest BCUT2D eigenvalue weighted by molar-refractivity contribution is 7.98. The standard InChI is InChI=1S/C14H14F3N3O3S/c1-8(2)6-24-7-9-3-4-10(11(5-9)20(21)22)12-18-13(23-19-12)14(15,16)17/h3-5,8H,6-7H2,1-2H3. The summed E-state index contributed by atoms with van der Waals surface area (Å²) >= 11 is 1.62. The van der Waals surface area contributed by atoms with E-state index < -0.39 is 22.8 Å². The van der Waals surface area contributed by atoms with Crippen LogP contribution in [0.25, 0.3) is 11.4 Å². The summed E-state index contributed by atoms with van der Waals surface area (Å²) in [7, 11) is 0. The molecule has 6 nitrogen and oxygen atoms in total. The molecule has 130 valence electrons. The van der Waals surface area contributed by atoms with Crippen LogP contribution >= 0.6 is 11.8 Å². The Kier molecular flexibility index (Phi) is 5.47. The van der Waals surface area contributed by atoms with E-state index >= 15 is 0 Å². The molecule has 24 heavy (non-hydrogen) atoms. The predicted molar refractivity (Wildman–Crippen MR) is 82.4 cm³/mol. The molecule has 0 saturated carbocycles. The lowest BCUT2D eigenvalue weighted by atomic mass is 10.1. The average molecular weight is 361 g/mol. The number of nitrogens with zero attached hydrogens (tertiary/aromatic N) is 3. The maximum Gasteiger partial charge on any atom is 0.471 e.